The quantitative estimate of drug-likeness (QED) is 0.719. The zero-order valence-corrected chi connectivity index (χ0v) is 13.5. The molecule has 0 amide bonds. The normalized spacial score (nSPS) is 50.6. The van der Waals surface area contributed by atoms with Crippen molar-refractivity contribution < 1.29 is 15.0 Å². The molecule has 0 spiro atoms. The van der Waals surface area contributed by atoms with E-state index in [-0.39, 0.29) is 22.7 Å². The molecule has 2 N–H and O–H groups in total. The van der Waals surface area contributed by atoms with Crippen LogP contribution in [0.25, 0.3) is 0 Å². The van der Waals surface area contributed by atoms with E-state index in [1.165, 1.54) is 0 Å². The molecular weight excluding hydrogens is 276 g/mol. The molecule has 0 aromatic rings. The van der Waals surface area contributed by atoms with Crippen molar-refractivity contribution in [3.63, 3.8) is 0 Å². The van der Waals surface area contributed by atoms with Gasteiger partial charge in [0.15, 0.2) is 5.78 Å². The third kappa shape index (κ3) is 1.69. The molecule has 120 valence electrons. The largest absolute Gasteiger partial charge is 0.508 e. The average molecular weight is 302 g/mol. The van der Waals surface area contributed by atoms with Crippen molar-refractivity contribution in [2.45, 2.75) is 58.5 Å². The summed E-state index contributed by atoms with van der Waals surface area (Å²) in [5.74, 6) is 1.75. The fourth-order valence-electron chi connectivity index (χ4n) is 6.08. The number of ketones is 1. The van der Waals surface area contributed by atoms with E-state index in [2.05, 4.69) is 13.8 Å². The van der Waals surface area contributed by atoms with Crippen molar-refractivity contribution in [3.8, 4) is 0 Å². The van der Waals surface area contributed by atoms with Gasteiger partial charge in [-0.2, -0.15) is 0 Å². The van der Waals surface area contributed by atoms with Gasteiger partial charge in [0.2, 0.25) is 0 Å². The van der Waals surface area contributed by atoms with Gasteiger partial charge in [0.05, 0.1) is 6.10 Å². The summed E-state index contributed by atoms with van der Waals surface area (Å²) in [4.78, 5) is 11.8. The van der Waals surface area contributed by atoms with E-state index >= 15 is 0 Å². The first-order valence-electron chi connectivity index (χ1n) is 8.70. The van der Waals surface area contributed by atoms with Crippen LogP contribution in [0.2, 0.25) is 0 Å². The van der Waals surface area contributed by atoms with Gasteiger partial charge in [0.1, 0.15) is 5.76 Å². The number of carbonyl (C=O) groups excluding carboxylic acids is 1. The minimum Gasteiger partial charge on any atom is -0.508 e. The number of allylic oxidation sites excluding steroid dienone is 3. The topological polar surface area (TPSA) is 57.5 Å². The highest BCUT2D eigenvalue weighted by Crippen LogP contribution is 2.64. The molecule has 0 unspecified atom stereocenters. The summed E-state index contributed by atoms with van der Waals surface area (Å²) in [7, 11) is 0. The maximum absolute atomic E-state index is 11.8. The van der Waals surface area contributed by atoms with E-state index in [1.54, 1.807) is 6.08 Å². The lowest BCUT2D eigenvalue weighted by atomic mass is 9.49. The number of aliphatic hydroxyl groups excluding tert-OH is 2. The van der Waals surface area contributed by atoms with E-state index in [0.29, 0.717) is 29.9 Å². The summed E-state index contributed by atoms with van der Waals surface area (Å²) in [5, 5.41) is 21.0. The number of carbonyl (C=O) groups is 1. The second-order valence-corrected chi connectivity index (χ2v) is 8.42. The average Bonchev–Trinajstić information content (AvgIpc) is 2.77. The summed E-state index contributed by atoms with van der Waals surface area (Å²) in [5.41, 5.74) is 0.791. The van der Waals surface area contributed by atoms with Crippen LogP contribution in [0.15, 0.2) is 23.5 Å². The molecule has 0 aromatic carbocycles. The standard InChI is InChI=1S/C19H26O3/c1-18-7-5-11(20)9-15(18)16(21)10-12-13-3-4-17(22)19(13,2)8-6-14(12)18/h9-10,12-14,17,21-22H,3-8H2,1-2H3/t12-,13-,14-,17-,18+,19-/m0/s1. The molecule has 4 aliphatic carbocycles. The first-order chi connectivity index (χ1) is 10.4. The van der Waals surface area contributed by atoms with Crippen LogP contribution >= 0.6 is 0 Å². The number of aliphatic hydroxyl groups is 2. The fourth-order valence-corrected chi connectivity index (χ4v) is 6.08. The molecule has 0 radical (unpaired) electrons. The van der Waals surface area contributed by atoms with E-state index < -0.39 is 0 Å². The lowest BCUT2D eigenvalue weighted by Crippen LogP contribution is -2.50. The molecule has 2 fully saturated rings. The van der Waals surface area contributed by atoms with Crippen LogP contribution in [0.5, 0.6) is 0 Å². The van der Waals surface area contributed by atoms with Gasteiger partial charge < -0.3 is 10.2 Å². The molecule has 22 heavy (non-hydrogen) atoms. The van der Waals surface area contributed by atoms with Gasteiger partial charge >= 0.3 is 0 Å². The summed E-state index contributed by atoms with van der Waals surface area (Å²) in [6, 6.07) is 0. The predicted molar refractivity (Wildman–Crippen MR) is 84.2 cm³/mol. The number of hydrogen-bond donors (Lipinski definition) is 2. The van der Waals surface area contributed by atoms with E-state index in [0.717, 1.165) is 37.7 Å². The molecule has 0 heterocycles. The monoisotopic (exact) mass is 302 g/mol. The summed E-state index contributed by atoms with van der Waals surface area (Å²) in [6.45, 7) is 4.47. The zero-order valence-electron chi connectivity index (χ0n) is 13.5. The molecule has 2 saturated carbocycles. The second kappa shape index (κ2) is 4.47. The maximum Gasteiger partial charge on any atom is 0.156 e. The zero-order chi connectivity index (χ0) is 15.7. The first-order valence-corrected chi connectivity index (χ1v) is 8.70. The Balaban J connectivity index is 1.80. The highest BCUT2D eigenvalue weighted by molar-refractivity contribution is 5.92. The van der Waals surface area contributed by atoms with Crippen molar-refractivity contribution in [3.05, 3.63) is 23.5 Å². The first kappa shape index (κ1) is 14.5. The third-order valence-electron chi connectivity index (χ3n) is 7.54. The van der Waals surface area contributed by atoms with Crippen LogP contribution in [0, 0.1) is 28.6 Å². The van der Waals surface area contributed by atoms with Gasteiger partial charge in [-0.05, 0) is 67.4 Å². The van der Waals surface area contributed by atoms with Crippen molar-refractivity contribution in [2.75, 3.05) is 0 Å². The molecule has 4 rings (SSSR count). The van der Waals surface area contributed by atoms with Crippen molar-refractivity contribution >= 4 is 5.78 Å². The Morgan fingerprint density at radius 2 is 1.91 bits per heavy atom. The smallest absolute Gasteiger partial charge is 0.156 e. The molecule has 0 aromatic heterocycles. The fraction of sp³-hybridized carbons (Fsp3) is 0.737. The van der Waals surface area contributed by atoms with Gasteiger partial charge in [-0.15, -0.1) is 0 Å². The van der Waals surface area contributed by atoms with Crippen molar-refractivity contribution in [1.29, 1.82) is 0 Å². The van der Waals surface area contributed by atoms with Crippen molar-refractivity contribution in [1.82, 2.24) is 0 Å². The Morgan fingerprint density at radius 3 is 2.68 bits per heavy atom. The maximum atomic E-state index is 11.8. The van der Waals surface area contributed by atoms with E-state index in [9.17, 15) is 15.0 Å². The highest BCUT2D eigenvalue weighted by Gasteiger charge is 2.58. The molecule has 3 nitrogen and oxygen atoms in total. The number of fused-ring (bicyclic) bond motifs is 5. The third-order valence-corrected chi connectivity index (χ3v) is 7.54. The minimum atomic E-state index is -0.202. The predicted octanol–water partition coefficient (Wildman–Crippen LogP) is 3.54. The summed E-state index contributed by atoms with van der Waals surface area (Å²) in [6.07, 6.45) is 9.02. The van der Waals surface area contributed by atoms with Crippen LogP contribution in [0.4, 0.5) is 0 Å². The molecular formula is C19H26O3. The van der Waals surface area contributed by atoms with E-state index in [1.807, 2.05) is 6.08 Å². The number of rotatable bonds is 0. The Labute approximate surface area is 132 Å². The molecule has 0 saturated heterocycles. The summed E-state index contributed by atoms with van der Waals surface area (Å²) < 4.78 is 0. The second-order valence-electron chi connectivity index (χ2n) is 8.42. The molecule has 4 aliphatic rings. The van der Waals surface area contributed by atoms with Gasteiger partial charge in [-0.1, -0.05) is 13.8 Å². The minimum absolute atomic E-state index is 0.0000104. The van der Waals surface area contributed by atoms with Gasteiger partial charge in [-0.25, -0.2) is 0 Å². The van der Waals surface area contributed by atoms with Crippen LogP contribution in [-0.2, 0) is 4.79 Å². The SMILES string of the molecule is C[C@]12CC[C@H]3[C@@H](C=C(O)C4=CC(=O)CC[C@@]43C)[C@@H]1CC[C@@H]2O. The molecule has 3 heteroatoms. The molecule has 0 bridgehead atoms. The van der Waals surface area contributed by atoms with Gasteiger partial charge in [0, 0.05) is 17.4 Å². The Hall–Kier alpha value is -1.09. The lowest BCUT2D eigenvalue weighted by Gasteiger charge is -2.55. The molecule has 0 aliphatic heterocycles. The highest BCUT2D eigenvalue weighted by atomic mass is 16.3. The van der Waals surface area contributed by atoms with Crippen LogP contribution in [0.1, 0.15) is 52.4 Å². The van der Waals surface area contributed by atoms with Gasteiger partial charge in [-0.3, -0.25) is 4.79 Å². The van der Waals surface area contributed by atoms with Crippen LogP contribution < -0.4 is 0 Å². The van der Waals surface area contributed by atoms with Crippen LogP contribution in [0.3, 0.4) is 0 Å². The lowest BCUT2D eigenvalue weighted by molar-refractivity contribution is -0.116. The van der Waals surface area contributed by atoms with Crippen molar-refractivity contribution in [2.24, 2.45) is 28.6 Å². The van der Waals surface area contributed by atoms with E-state index in [4.69, 9.17) is 0 Å². The van der Waals surface area contributed by atoms with Gasteiger partial charge in [0.25, 0.3) is 0 Å². The summed E-state index contributed by atoms with van der Waals surface area (Å²) >= 11 is 0. The Kier molecular flexibility index (Phi) is 2.95. The molecule has 6 atom stereocenters. The van der Waals surface area contributed by atoms with Crippen LogP contribution in [-0.4, -0.2) is 22.1 Å². The number of hydrogen-bond acceptors (Lipinski definition) is 3. The Bertz CT molecular complexity index is 589. The Morgan fingerprint density at radius 1 is 1.14 bits per heavy atom.